The van der Waals surface area contributed by atoms with Gasteiger partial charge < -0.3 is 9.73 Å². The topological polar surface area (TPSA) is 51.0 Å². The van der Waals surface area contributed by atoms with Crippen LogP contribution in [0.1, 0.15) is 24.4 Å². The predicted octanol–water partition coefficient (Wildman–Crippen LogP) is 1.85. The van der Waals surface area contributed by atoms with Gasteiger partial charge in [-0.3, -0.25) is 0 Å². The van der Waals surface area contributed by atoms with E-state index in [0.717, 1.165) is 35.9 Å². The molecular weight excluding hydrogens is 202 g/mol. The highest BCUT2D eigenvalue weighted by atomic mass is 16.3. The minimum atomic E-state index is 0.384. The fourth-order valence-electron chi connectivity index (χ4n) is 2.23. The molecule has 1 N–H and O–H groups in total. The summed E-state index contributed by atoms with van der Waals surface area (Å²) < 4.78 is 5.76. The number of fused-ring (bicyclic) bond motifs is 1. The second-order valence-electron chi connectivity index (χ2n) is 4.57. The first-order chi connectivity index (χ1) is 7.74. The van der Waals surface area contributed by atoms with Crippen LogP contribution in [0, 0.1) is 12.8 Å². The average molecular weight is 217 g/mol. The zero-order valence-corrected chi connectivity index (χ0v) is 9.53. The molecule has 0 saturated carbocycles. The van der Waals surface area contributed by atoms with Crippen LogP contribution in [0.15, 0.2) is 16.5 Å². The van der Waals surface area contributed by atoms with Crippen LogP contribution < -0.4 is 5.32 Å². The van der Waals surface area contributed by atoms with Crippen molar-refractivity contribution in [3.05, 3.63) is 23.7 Å². The number of oxazole rings is 1. The minimum Gasteiger partial charge on any atom is -0.439 e. The van der Waals surface area contributed by atoms with Gasteiger partial charge >= 0.3 is 0 Å². The standard InChI is InChI=1S/C12H15N3O/c1-7-5-13-6-9(7)12-15-11-10(16-12)4-3-8(2)14-11/h3-4,7,9,13H,5-6H2,1-2H3/t7-,9-/m1/s1. The Morgan fingerprint density at radius 3 is 2.94 bits per heavy atom. The second-order valence-corrected chi connectivity index (χ2v) is 4.57. The molecule has 4 heteroatoms. The highest BCUT2D eigenvalue weighted by Crippen LogP contribution is 2.29. The van der Waals surface area contributed by atoms with Crippen LogP contribution >= 0.6 is 0 Å². The zero-order valence-electron chi connectivity index (χ0n) is 9.53. The van der Waals surface area contributed by atoms with E-state index in [1.54, 1.807) is 0 Å². The molecule has 1 saturated heterocycles. The van der Waals surface area contributed by atoms with E-state index in [0.29, 0.717) is 11.8 Å². The summed E-state index contributed by atoms with van der Waals surface area (Å²) in [5, 5.41) is 3.36. The predicted molar refractivity (Wildman–Crippen MR) is 61.3 cm³/mol. The first kappa shape index (κ1) is 9.78. The maximum atomic E-state index is 5.76. The molecule has 2 aromatic heterocycles. The second kappa shape index (κ2) is 3.56. The van der Waals surface area contributed by atoms with Crippen LogP contribution in [0.3, 0.4) is 0 Å². The fraction of sp³-hybridized carbons (Fsp3) is 0.500. The van der Waals surface area contributed by atoms with Crippen LogP contribution in [-0.2, 0) is 0 Å². The molecule has 2 aromatic rings. The van der Waals surface area contributed by atoms with Gasteiger partial charge in [0, 0.05) is 12.2 Å². The van der Waals surface area contributed by atoms with E-state index < -0.39 is 0 Å². The molecule has 1 aliphatic rings. The van der Waals surface area contributed by atoms with Crippen molar-refractivity contribution in [1.29, 1.82) is 0 Å². The van der Waals surface area contributed by atoms with Crippen molar-refractivity contribution in [3.8, 4) is 0 Å². The van der Waals surface area contributed by atoms with Crippen LogP contribution in [-0.4, -0.2) is 23.1 Å². The molecule has 84 valence electrons. The third-order valence-electron chi connectivity index (χ3n) is 3.24. The summed E-state index contributed by atoms with van der Waals surface area (Å²) in [5.74, 6) is 1.79. The molecule has 3 rings (SSSR count). The smallest absolute Gasteiger partial charge is 0.201 e. The summed E-state index contributed by atoms with van der Waals surface area (Å²) >= 11 is 0. The molecule has 0 unspecified atom stereocenters. The normalized spacial score (nSPS) is 25.4. The molecular formula is C12H15N3O. The Bertz CT molecular complexity index is 520. The molecule has 0 amide bonds. The first-order valence-corrected chi connectivity index (χ1v) is 5.69. The molecule has 0 aliphatic carbocycles. The molecule has 1 fully saturated rings. The fourth-order valence-corrected chi connectivity index (χ4v) is 2.23. The van der Waals surface area contributed by atoms with Gasteiger partial charge in [0.05, 0.1) is 5.92 Å². The number of hydrogen-bond donors (Lipinski definition) is 1. The Hall–Kier alpha value is -1.42. The Labute approximate surface area is 94.1 Å². The maximum absolute atomic E-state index is 5.76. The lowest BCUT2D eigenvalue weighted by molar-refractivity contribution is 0.435. The number of nitrogens with zero attached hydrogens (tertiary/aromatic N) is 2. The summed E-state index contributed by atoms with van der Waals surface area (Å²) in [6.45, 7) is 6.18. The van der Waals surface area contributed by atoms with Crippen LogP contribution in [0.2, 0.25) is 0 Å². The van der Waals surface area contributed by atoms with Gasteiger partial charge in [0.25, 0.3) is 0 Å². The van der Waals surface area contributed by atoms with E-state index in [1.165, 1.54) is 0 Å². The lowest BCUT2D eigenvalue weighted by Crippen LogP contribution is -2.08. The Balaban J connectivity index is 2.04. The zero-order chi connectivity index (χ0) is 11.1. The number of rotatable bonds is 1. The van der Waals surface area contributed by atoms with Crippen molar-refractivity contribution in [3.63, 3.8) is 0 Å². The van der Waals surface area contributed by atoms with Crippen molar-refractivity contribution in [2.45, 2.75) is 19.8 Å². The molecule has 0 aromatic carbocycles. The van der Waals surface area contributed by atoms with Crippen molar-refractivity contribution in [2.75, 3.05) is 13.1 Å². The number of pyridine rings is 1. The van der Waals surface area contributed by atoms with Gasteiger partial charge in [-0.05, 0) is 31.5 Å². The van der Waals surface area contributed by atoms with Gasteiger partial charge in [-0.2, -0.15) is 4.98 Å². The lowest BCUT2D eigenvalue weighted by Gasteiger charge is -2.08. The number of aryl methyl sites for hydroxylation is 1. The van der Waals surface area contributed by atoms with Crippen molar-refractivity contribution in [2.24, 2.45) is 5.92 Å². The van der Waals surface area contributed by atoms with E-state index in [4.69, 9.17) is 4.42 Å². The number of nitrogens with one attached hydrogen (secondary N) is 1. The molecule has 3 heterocycles. The monoisotopic (exact) mass is 217 g/mol. The summed E-state index contributed by atoms with van der Waals surface area (Å²) in [6.07, 6.45) is 0. The van der Waals surface area contributed by atoms with Crippen molar-refractivity contribution >= 4 is 11.2 Å². The Morgan fingerprint density at radius 2 is 2.19 bits per heavy atom. The molecule has 4 nitrogen and oxygen atoms in total. The van der Waals surface area contributed by atoms with Gasteiger partial charge in [0.2, 0.25) is 5.89 Å². The summed E-state index contributed by atoms with van der Waals surface area (Å²) in [4.78, 5) is 8.86. The summed E-state index contributed by atoms with van der Waals surface area (Å²) in [7, 11) is 0. The Morgan fingerprint density at radius 1 is 1.31 bits per heavy atom. The molecule has 0 spiro atoms. The third-order valence-corrected chi connectivity index (χ3v) is 3.24. The molecule has 16 heavy (non-hydrogen) atoms. The number of aromatic nitrogens is 2. The van der Waals surface area contributed by atoms with Gasteiger partial charge in [-0.15, -0.1) is 0 Å². The van der Waals surface area contributed by atoms with Crippen molar-refractivity contribution < 1.29 is 4.42 Å². The van der Waals surface area contributed by atoms with Gasteiger partial charge in [0.15, 0.2) is 11.2 Å². The van der Waals surface area contributed by atoms with Crippen LogP contribution in [0.4, 0.5) is 0 Å². The lowest BCUT2D eigenvalue weighted by atomic mass is 9.98. The quantitative estimate of drug-likeness (QED) is 0.792. The van der Waals surface area contributed by atoms with Crippen LogP contribution in [0.5, 0.6) is 0 Å². The number of hydrogen-bond acceptors (Lipinski definition) is 4. The van der Waals surface area contributed by atoms with Gasteiger partial charge in [-0.25, -0.2) is 4.98 Å². The molecule has 2 atom stereocenters. The third kappa shape index (κ3) is 1.50. The highest BCUT2D eigenvalue weighted by molar-refractivity contribution is 5.67. The van der Waals surface area contributed by atoms with E-state index in [1.807, 2.05) is 19.1 Å². The van der Waals surface area contributed by atoms with Gasteiger partial charge in [-0.1, -0.05) is 6.92 Å². The van der Waals surface area contributed by atoms with Gasteiger partial charge in [0.1, 0.15) is 0 Å². The van der Waals surface area contributed by atoms with Crippen LogP contribution in [0.25, 0.3) is 11.2 Å². The maximum Gasteiger partial charge on any atom is 0.201 e. The van der Waals surface area contributed by atoms with E-state index in [2.05, 4.69) is 22.2 Å². The van der Waals surface area contributed by atoms with E-state index >= 15 is 0 Å². The van der Waals surface area contributed by atoms with Crippen molar-refractivity contribution in [1.82, 2.24) is 15.3 Å². The Kier molecular flexibility index (Phi) is 2.17. The molecule has 0 bridgehead atoms. The first-order valence-electron chi connectivity index (χ1n) is 5.69. The summed E-state index contributed by atoms with van der Waals surface area (Å²) in [5.41, 5.74) is 2.50. The van der Waals surface area contributed by atoms with E-state index in [9.17, 15) is 0 Å². The largest absolute Gasteiger partial charge is 0.439 e. The summed E-state index contributed by atoms with van der Waals surface area (Å²) in [6, 6.07) is 3.90. The average Bonchev–Trinajstić information content (AvgIpc) is 2.82. The SMILES string of the molecule is Cc1ccc2oc([C@@H]3CNC[C@H]3C)nc2n1. The minimum absolute atomic E-state index is 0.384. The highest BCUT2D eigenvalue weighted by Gasteiger charge is 2.29. The van der Waals surface area contributed by atoms with E-state index in [-0.39, 0.29) is 0 Å². The molecule has 0 radical (unpaired) electrons. The molecule has 1 aliphatic heterocycles.